The van der Waals surface area contributed by atoms with Crippen molar-refractivity contribution in [3.05, 3.63) is 71.0 Å². The van der Waals surface area contributed by atoms with Gasteiger partial charge in [-0.1, -0.05) is 11.6 Å². The molecule has 0 aliphatic heterocycles. The molecule has 144 valence electrons. The van der Waals surface area contributed by atoms with Crippen molar-refractivity contribution in [1.82, 2.24) is 4.98 Å². The first-order valence-electron chi connectivity index (χ1n) is 8.52. The van der Waals surface area contributed by atoms with Crippen LogP contribution >= 0.6 is 11.6 Å². The normalized spacial score (nSPS) is 10.3. The minimum absolute atomic E-state index is 0.263. The first-order chi connectivity index (χ1) is 13.5. The van der Waals surface area contributed by atoms with E-state index in [0.29, 0.717) is 27.7 Å². The van der Waals surface area contributed by atoms with Crippen LogP contribution in [0.4, 0.5) is 17.1 Å². The number of carbonyl (C=O) groups is 1. The Morgan fingerprint density at radius 3 is 2.43 bits per heavy atom. The maximum atomic E-state index is 12.5. The van der Waals surface area contributed by atoms with Crippen LogP contribution in [-0.4, -0.2) is 25.1 Å². The van der Waals surface area contributed by atoms with Gasteiger partial charge < -0.3 is 20.1 Å². The van der Waals surface area contributed by atoms with E-state index in [2.05, 4.69) is 15.6 Å². The third-order valence-electron chi connectivity index (χ3n) is 4.11. The van der Waals surface area contributed by atoms with Gasteiger partial charge in [0.05, 0.1) is 37.4 Å². The maximum absolute atomic E-state index is 12.5. The predicted octanol–water partition coefficient (Wildman–Crippen LogP) is 5.06. The van der Waals surface area contributed by atoms with Crippen LogP contribution in [0.1, 0.15) is 15.9 Å². The number of pyridine rings is 1. The van der Waals surface area contributed by atoms with Crippen molar-refractivity contribution in [1.29, 1.82) is 0 Å². The molecule has 0 atom stereocenters. The van der Waals surface area contributed by atoms with Crippen LogP contribution < -0.4 is 20.1 Å². The Kier molecular flexibility index (Phi) is 6.01. The summed E-state index contributed by atoms with van der Waals surface area (Å²) in [6.45, 7) is 1.91. The number of aryl methyl sites for hydroxylation is 1. The van der Waals surface area contributed by atoms with E-state index in [1.54, 1.807) is 56.8 Å². The number of hydrogen-bond acceptors (Lipinski definition) is 5. The van der Waals surface area contributed by atoms with Gasteiger partial charge in [0.25, 0.3) is 5.91 Å². The van der Waals surface area contributed by atoms with Gasteiger partial charge in [-0.2, -0.15) is 0 Å². The van der Waals surface area contributed by atoms with Crippen LogP contribution in [0.3, 0.4) is 0 Å². The molecule has 0 saturated carbocycles. The highest BCUT2D eigenvalue weighted by molar-refractivity contribution is 6.31. The van der Waals surface area contributed by atoms with E-state index < -0.39 is 0 Å². The summed E-state index contributed by atoms with van der Waals surface area (Å²) in [6.07, 6.45) is 3.14. The molecule has 3 rings (SSSR count). The fourth-order valence-electron chi connectivity index (χ4n) is 2.60. The van der Waals surface area contributed by atoms with Crippen molar-refractivity contribution in [2.75, 3.05) is 24.9 Å². The van der Waals surface area contributed by atoms with Crippen molar-refractivity contribution in [2.45, 2.75) is 6.92 Å². The number of rotatable bonds is 6. The van der Waals surface area contributed by atoms with Crippen molar-refractivity contribution in [3.8, 4) is 11.5 Å². The summed E-state index contributed by atoms with van der Waals surface area (Å²) in [5, 5.41) is 6.68. The Hall–Kier alpha value is -3.25. The molecule has 1 amide bonds. The zero-order valence-electron chi connectivity index (χ0n) is 15.7. The van der Waals surface area contributed by atoms with E-state index in [0.717, 1.165) is 17.0 Å². The number of aromatic nitrogens is 1. The lowest BCUT2D eigenvalue weighted by molar-refractivity contribution is 0.102. The standard InChI is InChI=1S/C21H20ClN3O3/c1-13-8-19(20(28-3)10-18(13)22)24-16-9-14(11-23-12-16)21(26)25-15-4-6-17(27-2)7-5-15/h4-12,24H,1-3H3,(H,25,26). The third kappa shape index (κ3) is 4.53. The average molecular weight is 398 g/mol. The fourth-order valence-corrected chi connectivity index (χ4v) is 2.75. The molecule has 2 aromatic carbocycles. The van der Waals surface area contributed by atoms with Crippen LogP contribution in [-0.2, 0) is 0 Å². The number of amides is 1. The summed E-state index contributed by atoms with van der Waals surface area (Å²) < 4.78 is 10.5. The molecule has 0 saturated heterocycles. The molecular formula is C21H20ClN3O3. The number of nitrogens with one attached hydrogen (secondary N) is 2. The molecule has 0 aliphatic carbocycles. The Morgan fingerprint density at radius 2 is 1.75 bits per heavy atom. The summed E-state index contributed by atoms with van der Waals surface area (Å²) in [5.74, 6) is 1.06. The molecule has 3 aromatic rings. The van der Waals surface area contributed by atoms with Crippen molar-refractivity contribution >= 4 is 34.6 Å². The highest BCUT2D eigenvalue weighted by atomic mass is 35.5. The van der Waals surface area contributed by atoms with Crippen molar-refractivity contribution in [3.63, 3.8) is 0 Å². The Labute approximate surface area is 168 Å². The highest BCUT2D eigenvalue weighted by Gasteiger charge is 2.11. The third-order valence-corrected chi connectivity index (χ3v) is 4.52. The van der Waals surface area contributed by atoms with Gasteiger partial charge in [0.2, 0.25) is 0 Å². The molecule has 0 fully saturated rings. The van der Waals surface area contributed by atoms with Gasteiger partial charge in [-0.3, -0.25) is 9.78 Å². The zero-order valence-corrected chi connectivity index (χ0v) is 16.5. The first-order valence-corrected chi connectivity index (χ1v) is 8.89. The van der Waals surface area contributed by atoms with Crippen molar-refractivity contribution in [2.24, 2.45) is 0 Å². The molecule has 0 aliphatic rings. The molecule has 0 unspecified atom stereocenters. The smallest absolute Gasteiger partial charge is 0.257 e. The Morgan fingerprint density at radius 1 is 1.00 bits per heavy atom. The number of carbonyl (C=O) groups excluding carboxylic acids is 1. The van der Waals surface area contributed by atoms with Gasteiger partial charge >= 0.3 is 0 Å². The van der Waals surface area contributed by atoms with E-state index >= 15 is 0 Å². The van der Waals surface area contributed by atoms with Gasteiger partial charge in [0.15, 0.2) is 0 Å². The summed E-state index contributed by atoms with van der Waals surface area (Å²) in [4.78, 5) is 16.7. The largest absolute Gasteiger partial charge is 0.497 e. The predicted molar refractivity (Wildman–Crippen MR) is 111 cm³/mol. The molecular weight excluding hydrogens is 378 g/mol. The second kappa shape index (κ2) is 8.63. The summed E-state index contributed by atoms with van der Waals surface area (Å²) in [5.41, 5.74) is 3.39. The Bertz CT molecular complexity index is 991. The molecule has 0 radical (unpaired) electrons. The minimum Gasteiger partial charge on any atom is -0.497 e. The molecule has 28 heavy (non-hydrogen) atoms. The number of halogens is 1. The second-order valence-corrected chi connectivity index (χ2v) is 6.48. The summed E-state index contributed by atoms with van der Waals surface area (Å²) in [7, 11) is 3.16. The number of anilines is 3. The molecule has 1 aromatic heterocycles. The van der Waals surface area contributed by atoms with Crippen LogP contribution in [0.2, 0.25) is 5.02 Å². The van der Waals surface area contributed by atoms with Crippen LogP contribution in [0.5, 0.6) is 11.5 Å². The van der Waals surface area contributed by atoms with Gasteiger partial charge in [-0.25, -0.2) is 0 Å². The Balaban J connectivity index is 1.78. The van der Waals surface area contributed by atoms with Gasteiger partial charge in [0, 0.05) is 23.0 Å². The van der Waals surface area contributed by atoms with E-state index in [9.17, 15) is 4.79 Å². The number of hydrogen-bond donors (Lipinski definition) is 2. The van der Waals surface area contributed by atoms with E-state index in [4.69, 9.17) is 21.1 Å². The molecule has 6 nitrogen and oxygen atoms in total. The lowest BCUT2D eigenvalue weighted by Crippen LogP contribution is -2.12. The maximum Gasteiger partial charge on any atom is 0.257 e. The fraction of sp³-hybridized carbons (Fsp3) is 0.143. The minimum atomic E-state index is -0.263. The molecule has 2 N–H and O–H groups in total. The summed E-state index contributed by atoms with van der Waals surface area (Å²) >= 11 is 6.15. The van der Waals surface area contributed by atoms with Gasteiger partial charge in [-0.05, 0) is 48.9 Å². The topological polar surface area (TPSA) is 72.5 Å². The SMILES string of the molecule is COc1ccc(NC(=O)c2cncc(Nc3cc(C)c(Cl)cc3OC)c2)cc1. The van der Waals surface area contributed by atoms with Crippen LogP contribution in [0.25, 0.3) is 0 Å². The first kappa shape index (κ1) is 19.5. The quantitative estimate of drug-likeness (QED) is 0.608. The lowest BCUT2D eigenvalue weighted by Gasteiger charge is -2.13. The molecule has 0 spiro atoms. The molecule has 1 heterocycles. The number of ether oxygens (including phenoxy) is 2. The number of benzene rings is 2. The molecule has 0 bridgehead atoms. The lowest BCUT2D eigenvalue weighted by atomic mass is 10.2. The van der Waals surface area contributed by atoms with E-state index in [1.807, 2.05) is 13.0 Å². The van der Waals surface area contributed by atoms with Gasteiger partial charge in [-0.15, -0.1) is 0 Å². The van der Waals surface area contributed by atoms with E-state index in [1.165, 1.54) is 6.20 Å². The van der Waals surface area contributed by atoms with Crippen LogP contribution in [0.15, 0.2) is 54.9 Å². The zero-order chi connectivity index (χ0) is 20.1. The highest BCUT2D eigenvalue weighted by Crippen LogP contribution is 2.33. The van der Waals surface area contributed by atoms with Crippen molar-refractivity contribution < 1.29 is 14.3 Å². The van der Waals surface area contributed by atoms with E-state index in [-0.39, 0.29) is 5.91 Å². The number of methoxy groups -OCH3 is 2. The average Bonchev–Trinajstić information content (AvgIpc) is 2.71. The van der Waals surface area contributed by atoms with Gasteiger partial charge in [0.1, 0.15) is 11.5 Å². The molecule has 7 heteroatoms. The second-order valence-electron chi connectivity index (χ2n) is 6.07. The monoisotopic (exact) mass is 397 g/mol. The summed E-state index contributed by atoms with van der Waals surface area (Å²) in [6, 6.07) is 12.4. The number of nitrogens with zero attached hydrogens (tertiary/aromatic N) is 1. The van der Waals surface area contributed by atoms with Crippen LogP contribution in [0, 0.1) is 6.92 Å².